The normalized spacial score (nSPS) is 12.7. The highest BCUT2D eigenvalue weighted by Gasteiger charge is 2.26. The Labute approximate surface area is 129 Å². The van der Waals surface area contributed by atoms with Crippen LogP contribution in [0.25, 0.3) is 0 Å². The zero-order valence-corrected chi connectivity index (χ0v) is 14.4. The van der Waals surface area contributed by atoms with Gasteiger partial charge in [-0.1, -0.05) is 0 Å². The number of ether oxygens (including phenoxy) is 1. The standard InChI is InChI=1S/C13H21ClN2O4S/c1-9(2)16-7-10(21(14,18)19)6-11(16)12(17)15-13(3,4)8-20-5/h6-7,9H,8H2,1-5H3,(H,15,17). The van der Waals surface area contributed by atoms with E-state index in [0.29, 0.717) is 6.61 Å². The minimum atomic E-state index is -3.88. The Bertz CT molecular complexity index is 620. The summed E-state index contributed by atoms with van der Waals surface area (Å²) in [5.41, 5.74) is -0.328. The Kier molecular flexibility index (Phi) is 5.46. The van der Waals surface area contributed by atoms with E-state index in [4.69, 9.17) is 15.4 Å². The number of carbonyl (C=O) groups is 1. The predicted molar refractivity (Wildman–Crippen MR) is 81.3 cm³/mol. The summed E-state index contributed by atoms with van der Waals surface area (Å²) in [5, 5.41) is 2.81. The zero-order chi connectivity index (χ0) is 16.4. The first-order valence-electron chi connectivity index (χ1n) is 6.46. The van der Waals surface area contributed by atoms with E-state index in [1.165, 1.54) is 12.3 Å². The summed E-state index contributed by atoms with van der Waals surface area (Å²) in [4.78, 5) is 12.3. The number of rotatable bonds is 6. The lowest BCUT2D eigenvalue weighted by Gasteiger charge is -2.25. The van der Waals surface area contributed by atoms with Crippen molar-refractivity contribution in [2.45, 2.75) is 44.2 Å². The van der Waals surface area contributed by atoms with Gasteiger partial charge in [-0.3, -0.25) is 4.79 Å². The maximum absolute atomic E-state index is 12.4. The highest BCUT2D eigenvalue weighted by Crippen LogP contribution is 2.22. The van der Waals surface area contributed by atoms with E-state index in [9.17, 15) is 13.2 Å². The summed E-state index contributed by atoms with van der Waals surface area (Å²) in [6.45, 7) is 7.66. The molecule has 0 aliphatic carbocycles. The molecule has 1 rings (SSSR count). The van der Waals surface area contributed by atoms with E-state index in [2.05, 4.69) is 5.32 Å². The third-order valence-corrected chi connectivity index (χ3v) is 4.17. The molecule has 0 aromatic carbocycles. The van der Waals surface area contributed by atoms with Crippen LogP contribution in [0.1, 0.15) is 44.2 Å². The number of hydrogen-bond acceptors (Lipinski definition) is 4. The Hall–Kier alpha value is -1.05. The van der Waals surface area contributed by atoms with Gasteiger partial charge in [-0.25, -0.2) is 8.42 Å². The second-order valence-corrected chi connectivity index (χ2v) is 8.34. The molecule has 0 spiro atoms. The van der Waals surface area contributed by atoms with Crippen LogP contribution in [-0.4, -0.2) is 38.1 Å². The van der Waals surface area contributed by atoms with E-state index in [1.54, 1.807) is 11.7 Å². The molecule has 1 aromatic heterocycles. The van der Waals surface area contributed by atoms with Gasteiger partial charge < -0.3 is 14.6 Å². The third-order valence-electron chi connectivity index (χ3n) is 2.85. The van der Waals surface area contributed by atoms with E-state index >= 15 is 0 Å². The Morgan fingerprint density at radius 3 is 2.48 bits per heavy atom. The smallest absolute Gasteiger partial charge is 0.268 e. The Morgan fingerprint density at radius 2 is 2.05 bits per heavy atom. The fourth-order valence-electron chi connectivity index (χ4n) is 1.96. The number of aromatic nitrogens is 1. The highest BCUT2D eigenvalue weighted by atomic mass is 35.7. The van der Waals surface area contributed by atoms with Gasteiger partial charge in [0, 0.05) is 30.0 Å². The molecule has 0 radical (unpaired) electrons. The second-order valence-electron chi connectivity index (χ2n) is 5.77. The first-order valence-corrected chi connectivity index (χ1v) is 8.77. The van der Waals surface area contributed by atoms with Gasteiger partial charge in [0.15, 0.2) is 0 Å². The van der Waals surface area contributed by atoms with Crippen LogP contribution < -0.4 is 5.32 Å². The van der Waals surface area contributed by atoms with Crippen LogP contribution >= 0.6 is 10.7 Å². The van der Waals surface area contributed by atoms with Crippen molar-refractivity contribution >= 4 is 25.6 Å². The number of nitrogens with zero attached hydrogens (tertiary/aromatic N) is 1. The monoisotopic (exact) mass is 336 g/mol. The van der Waals surface area contributed by atoms with Crippen LogP contribution in [0.2, 0.25) is 0 Å². The molecular formula is C13H21ClN2O4S. The molecule has 6 nitrogen and oxygen atoms in total. The molecule has 0 aliphatic heterocycles. The molecule has 0 fully saturated rings. The van der Waals surface area contributed by atoms with Crippen LogP contribution in [-0.2, 0) is 13.8 Å². The summed E-state index contributed by atoms with van der Waals surface area (Å²) < 4.78 is 29.5. The average Bonchev–Trinajstić information content (AvgIpc) is 2.72. The fourth-order valence-corrected chi connectivity index (χ4v) is 2.71. The maximum Gasteiger partial charge on any atom is 0.268 e. The molecule has 0 aliphatic rings. The molecule has 1 heterocycles. The fraction of sp³-hybridized carbons (Fsp3) is 0.615. The molecule has 0 saturated carbocycles. The van der Waals surface area contributed by atoms with Gasteiger partial charge in [0.2, 0.25) is 0 Å². The quantitative estimate of drug-likeness (QED) is 0.807. The molecule has 8 heteroatoms. The van der Waals surface area contributed by atoms with Gasteiger partial charge in [0.05, 0.1) is 12.1 Å². The van der Waals surface area contributed by atoms with Gasteiger partial charge in [-0.15, -0.1) is 0 Å². The van der Waals surface area contributed by atoms with Crippen molar-refractivity contribution in [1.82, 2.24) is 9.88 Å². The number of amides is 1. The van der Waals surface area contributed by atoms with Crippen molar-refractivity contribution in [3.05, 3.63) is 18.0 Å². The van der Waals surface area contributed by atoms with Crippen LogP contribution in [0, 0.1) is 0 Å². The summed E-state index contributed by atoms with van der Waals surface area (Å²) in [6, 6.07) is 1.20. The summed E-state index contributed by atoms with van der Waals surface area (Å²) in [6.07, 6.45) is 1.37. The average molecular weight is 337 g/mol. The number of halogens is 1. The molecule has 0 atom stereocenters. The lowest BCUT2D eigenvalue weighted by Crippen LogP contribution is -2.47. The van der Waals surface area contributed by atoms with Crippen LogP contribution in [0.5, 0.6) is 0 Å². The second kappa shape index (κ2) is 6.37. The SMILES string of the molecule is COCC(C)(C)NC(=O)c1cc(S(=O)(=O)Cl)cn1C(C)C. The van der Waals surface area contributed by atoms with Crippen LogP contribution in [0.3, 0.4) is 0 Å². The molecule has 1 N–H and O–H groups in total. The largest absolute Gasteiger partial charge is 0.382 e. The first kappa shape index (κ1) is 18.0. The molecule has 0 bridgehead atoms. The van der Waals surface area contributed by atoms with E-state index < -0.39 is 14.6 Å². The number of carbonyl (C=O) groups excluding carboxylic acids is 1. The van der Waals surface area contributed by atoms with Crippen molar-refractivity contribution in [1.29, 1.82) is 0 Å². The number of methoxy groups -OCH3 is 1. The lowest BCUT2D eigenvalue weighted by atomic mass is 10.1. The predicted octanol–water partition coefficient (Wildman–Crippen LogP) is 2.15. The highest BCUT2D eigenvalue weighted by molar-refractivity contribution is 8.13. The van der Waals surface area contributed by atoms with Gasteiger partial charge in [-0.2, -0.15) is 0 Å². The molecule has 0 saturated heterocycles. The van der Waals surface area contributed by atoms with Gasteiger partial charge in [0.1, 0.15) is 10.6 Å². The van der Waals surface area contributed by atoms with Gasteiger partial charge in [0.25, 0.3) is 15.0 Å². The topological polar surface area (TPSA) is 77.4 Å². The van der Waals surface area contributed by atoms with Crippen molar-refractivity contribution in [3.8, 4) is 0 Å². The molecule has 1 amide bonds. The Morgan fingerprint density at radius 1 is 1.48 bits per heavy atom. The van der Waals surface area contributed by atoms with E-state index in [1.807, 2.05) is 27.7 Å². The van der Waals surface area contributed by atoms with Gasteiger partial charge in [-0.05, 0) is 33.8 Å². The molecule has 1 aromatic rings. The molecular weight excluding hydrogens is 316 g/mol. The third kappa shape index (κ3) is 4.72. The maximum atomic E-state index is 12.4. The molecule has 0 unspecified atom stereocenters. The zero-order valence-electron chi connectivity index (χ0n) is 12.8. The molecule has 120 valence electrons. The summed E-state index contributed by atoms with van der Waals surface area (Å²) >= 11 is 0. The minimum absolute atomic E-state index is 0.0801. The Balaban J connectivity index is 3.17. The van der Waals surface area contributed by atoms with Crippen LogP contribution in [0.4, 0.5) is 0 Å². The summed E-state index contributed by atoms with van der Waals surface area (Å²) in [7, 11) is 3.01. The summed E-state index contributed by atoms with van der Waals surface area (Å²) in [5.74, 6) is -0.377. The number of hydrogen-bond donors (Lipinski definition) is 1. The van der Waals surface area contributed by atoms with Crippen molar-refractivity contribution in [3.63, 3.8) is 0 Å². The van der Waals surface area contributed by atoms with Crippen LogP contribution in [0.15, 0.2) is 17.2 Å². The van der Waals surface area contributed by atoms with Gasteiger partial charge >= 0.3 is 0 Å². The van der Waals surface area contributed by atoms with Crippen molar-refractivity contribution in [2.75, 3.05) is 13.7 Å². The van der Waals surface area contributed by atoms with Crippen molar-refractivity contribution < 1.29 is 17.9 Å². The van der Waals surface area contributed by atoms with E-state index in [0.717, 1.165) is 0 Å². The number of nitrogens with one attached hydrogen (secondary N) is 1. The first-order chi connectivity index (χ1) is 9.48. The molecule has 21 heavy (non-hydrogen) atoms. The minimum Gasteiger partial charge on any atom is -0.382 e. The van der Waals surface area contributed by atoms with Crippen molar-refractivity contribution in [2.24, 2.45) is 0 Å². The lowest BCUT2D eigenvalue weighted by molar-refractivity contribution is 0.0810. The van der Waals surface area contributed by atoms with E-state index in [-0.39, 0.29) is 22.5 Å².